The molecule has 0 radical (unpaired) electrons. The SMILES string of the molecule is Cc1cccc(N(N)C(=O)N(C)N)c1COc1cncc(-c2ccccc2)c1. The first-order chi connectivity index (χ1) is 13.5. The minimum Gasteiger partial charge on any atom is -0.487 e. The summed E-state index contributed by atoms with van der Waals surface area (Å²) in [6.45, 7) is 2.17. The van der Waals surface area contributed by atoms with E-state index in [0.29, 0.717) is 11.4 Å². The topological polar surface area (TPSA) is 97.7 Å². The highest BCUT2D eigenvalue weighted by Gasteiger charge is 2.19. The van der Waals surface area contributed by atoms with Crippen LogP contribution in [0.4, 0.5) is 10.5 Å². The zero-order valence-corrected chi connectivity index (χ0v) is 15.9. The fraction of sp³-hybridized carbons (Fsp3) is 0.143. The number of hydrazine groups is 2. The van der Waals surface area contributed by atoms with E-state index in [0.717, 1.165) is 32.3 Å². The molecule has 0 unspecified atom stereocenters. The van der Waals surface area contributed by atoms with Crippen molar-refractivity contribution in [3.05, 3.63) is 78.1 Å². The van der Waals surface area contributed by atoms with Crippen molar-refractivity contribution in [2.75, 3.05) is 12.1 Å². The third kappa shape index (κ3) is 4.28. The Kier molecular flexibility index (Phi) is 5.88. The predicted octanol–water partition coefficient (Wildman–Crippen LogP) is 3.24. The zero-order valence-electron chi connectivity index (χ0n) is 15.9. The number of rotatable bonds is 5. The second kappa shape index (κ2) is 8.51. The summed E-state index contributed by atoms with van der Waals surface area (Å²) in [5.41, 5.74) is 4.30. The Bertz CT molecular complexity index is 960. The van der Waals surface area contributed by atoms with E-state index >= 15 is 0 Å². The first-order valence-electron chi connectivity index (χ1n) is 8.76. The standard InChI is InChI=1S/C21H23N5O2/c1-15-7-6-10-20(26(23)21(27)25(2)22)19(15)14-28-18-11-17(12-24-13-18)16-8-4-3-5-9-16/h3-13H,14,22-23H2,1-2H3. The third-order valence-corrected chi connectivity index (χ3v) is 4.36. The van der Waals surface area contributed by atoms with Crippen molar-refractivity contribution in [2.24, 2.45) is 11.7 Å². The van der Waals surface area contributed by atoms with Gasteiger partial charge >= 0.3 is 6.03 Å². The summed E-state index contributed by atoms with van der Waals surface area (Å²) in [6.07, 6.45) is 3.45. The Labute approximate surface area is 164 Å². The maximum absolute atomic E-state index is 12.1. The van der Waals surface area contributed by atoms with Gasteiger partial charge in [0.05, 0.1) is 11.9 Å². The maximum atomic E-state index is 12.1. The van der Waals surface area contributed by atoms with Crippen LogP contribution in [0.2, 0.25) is 0 Å². The highest BCUT2D eigenvalue weighted by molar-refractivity contribution is 5.91. The van der Waals surface area contributed by atoms with Gasteiger partial charge in [0.15, 0.2) is 0 Å². The average molecular weight is 377 g/mol. The number of urea groups is 1. The van der Waals surface area contributed by atoms with Gasteiger partial charge in [-0.15, -0.1) is 0 Å². The van der Waals surface area contributed by atoms with Gasteiger partial charge in [-0.25, -0.2) is 21.5 Å². The van der Waals surface area contributed by atoms with E-state index in [-0.39, 0.29) is 6.61 Å². The number of anilines is 1. The van der Waals surface area contributed by atoms with Crippen molar-refractivity contribution < 1.29 is 9.53 Å². The molecule has 0 spiro atoms. The molecule has 7 heteroatoms. The molecule has 144 valence electrons. The Morgan fingerprint density at radius 2 is 1.79 bits per heavy atom. The Hall–Kier alpha value is -3.42. The van der Waals surface area contributed by atoms with Crippen LogP contribution in [0.15, 0.2) is 67.0 Å². The molecule has 0 atom stereocenters. The van der Waals surface area contributed by atoms with Crippen LogP contribution in [0.5, 0.6) is 5.75 Å². The molecule has 4 N–H and O–H groups in total. The number of pyridine rings is 1. The second-order valence-corrected chi connectivity index (χ2v) is 6.40. The van der Waals surface area contributed by atoms with Gasteiger partial charge in [0, 0.05) is 24.4 Å². The molecule has 1 aromatic heterocycles. The van der Waals surface area contributed by atoms with E-state index in [1.54, 1.807) is 18.5 Å². The minimum absolute atomic E-state index is 0.233. The van der Waals surface area contributed by atoms with Crippen LogP contribution in [0.25, 0.3) is 11.1 Å². The van der Waals surface area contributed by atoms with E-state index < -0.39 is 6.03 Å². The average Bonchev–Trinajstić information content (AvgIpc) is 2.72. The molecule has 2 aromatic carbocycles. The first-order valence-corrected chi connectivity index (χ1v) is 8.76. The number of benzene rings is 2. The Morgan fingerprint density at radius 1 is 1.04 bits per heavy atom. The van der Waals surface area contributed by atoms with Crippen molar-refractivity contribution in [3.8, 4) is 16.9 Å². The number of ether oxygens (including phenoxy) is 1. The third-order valence-electron chi connectivity index (χ3n) is 4.36. The largest absolute Gasteiger partial charge is 0.487 e. The smallest absolute Gasteiger partial charge is 0.352 e. The van der Waals surface area contributed by atoms with E-state index in [1.807, 2.05) is 55.5 Å². The quantitative estimate of drug-likeness (QED) is 0.404. The summed E-state index contributed by atoms with van der Waals surface area (Å²) in [7, 11) is 1.44. The van der Waals surface area contributed by atoms with E-state index in [4.69, 9.17) is 16.4 Å². The van der Waals surface area contributed by atoms with E-state index in [2.05, 4.69) is 4.98 Å². The van der Waals surface area contributed by atoms with Crippen molar-refractivity contribution in [2.45, 2.75) is 13.5 Å². The molecule has 0 bridgehead atoms. The van der Waals surface area contributed by atoms with Crippen molar-refractivity contribution in [3.63, 3.8) is 0 Å². The highest BCUT2D eigenvalue weighted by atomic mass is 16.5. The van der Waals surface area contributed by atoms with Crippen molar-refractivity contribution >= 4 is 11.7 Å². The lowest BCUT2D eigenvalue weighted by molar-refractivity contribution is 0.216. The number of amides is 2. The van der Waals surface area contributed by atoms with Crippen LogP contribution in [0.1, 0.15) is 11.1 Å². The molecule has 3 aromatic rings. The summed E-state index contributed by atoms with van der Waals surface area (Å²) in [6, 6.07) is 16.9. The molecule has 1 heterocycles. The lowest BCUT2D eigenvalue weighted by Crippen LogP contribution is -2.49. The van der Waals surface area contributed by atoms with Gasteiger partial charge in [-0.2, -0.15) is 0 Å². The molecule has 0 aliphatic rings. The number of carbonyl (C=O) groups excluding carboxylic acids is 1. The van der Waals surface area contributed by atoms with Gasteiger partial charge in [0.25, 0.3) is 0 Å². The molecular formula is C21H23N5O2. The molecule has 0 saturated carbocycles. The van der Waals surface area contributed by atoms with Crippen LogP contribution in [0, 0.1) is 6.92 Å². The molecule has 0 fully saturated rings. The molecule has 2 amide bonds. The van der Waals surface area contributed by atoms with E-state index in [1.165, 1.54) is 7.05 Å². The van der Waals surface area contributed by atoms with E-state index in [9.17, 15) is 4.79 Å². The number of hydrogen-bond donors (Lipinski definition) is 2. The predicted molar refractivity (Wildman–Crippen MR) is 109 cm³/mol. The number of nitrogens with zero attached hydrogens (tertiary/aromatic N) is 3. The summed E-state index contributed by atoms with van der Waals surface area (Å²) in [4.78, 5) is 16.4. The number of hydrogen-bond acceptors (Lipinski definition) is 5. The molecule has 7 nitrogen and oxygen atoms in total. The number of aryl methyl sites for hydroxylation is 1. The molecule has 0 saturated heterocycles. The van der Waals surface area contributed by atoms with Gasteiger partial charge in [0.2, 0.25) is 0 Å². The molecule has 0 aliphatic heterocycles. The monoisotopic (exact) mass is 377 g/mol. The number of nitrogens with two attached hydrogens (primary N) is 2. The van der Waals surface area contributed by atoms with Gasteiger partial charge in [0.1, 0.15) is 12.4 Å². The first kappa shape index (κ1) is 19.3. The molecule has 28 heavy (non-hydrogen) atoms. The van der Waals surface area contributed by atoms with Crippen molar-refractivity contribution in [1.29, 1.82) is 0 Å². The number of aromatic nitrogens is 1. The maximum Gasteiger partial charge on any atom is 0.352 e. The normalized spacial score (nSPS) is 10.4. The van der Waals surface area contributed by atoms with Crippen LogP contribution in [0.3, 0.4) is 0 Å². The lowest BCUT2D eigenvalue weighted by Gasteiger charge is -2.24. The van der Waals surface area contributed by atoms with Gasteiger partial charge in [-0.3, -0.25) is 9.99 Å². The van der Waals surface area contributed by atoms with Gasteiger partial charge in [-0.1, -0.05) is 42.5 Å². The van der Waals surface area contributed by atoms with Crippen molar-refractivity contribution in [1.82, 2.24) is 9.99 Å². The number of carbonyl (C=O) groups is 1. The zero-order chi connectivity index (χ0) is 20.1. The van der Waals surface area contributed by atoms with Crippen LogP contribution in [-0.4, -0.2) is 23.1 Å². The molecular weight excluding hydrogens is 354 g/mol. The molecule has 3 rings (SSSR count). The fourth-order valence-corrected chi connectivity index (χ4v) is 2.81. The summed E-state index contributed by atoms with van der Waals surface area (Å²) in [5.74, 6) is 12.1. The summed E-state index contributed by atoms with van der Waals surface area (Å²) < 4.78 is 5.97. The highest BCUT2D eigenvalue weighted by Crippen LogP contribution is 2.26. The van der Waals surface area contributed by atoms with Gasteiger partial charge in [-0.05, 0) is 30.2 Å². The summed E-state index contributed by atoms with van der Waals surface area (Å²) >= 11 is 0. The van der Waals surface area contributed by atoms with Gasteiger partial charge < -0.3 is 4.74 Å². The Morgan fingerprint density at radius 3 is 2.50 bits per heavy atom. The van der Waals surface area contributed by atoms with Crippen LogP contribution in [-0.2, 0) is 6.61 Å². The minimum atomic E-state index is -0.528. The fourth-order valence-electron chi connectivity index (χ4n) is 2.81. The van der Waals surface area contributed by atoms with Crippen LogP contribution < -0.4 is 21.4 Å². The Balaban J connectivity index is 1.83. The lowest BCUT2D eigenvalue weighted by atomic mass is 10.1. The van der Waals surface area contributed by atoms with Crippen LogP contribution >= 0.6 is 0 Å². The second-order valence-electron chi connectivity index (χ2n) is 6.40. The summed E-state index contributed by atoms with van der Waals surface area (Å²) in [5, 5.41) is 1.95. The molecule has 0 aliphatic carbocycles.